The lowest BCUT2D eigenvalue weighted by molar-refractivity contribution is -0.209. The number of rotatable bonds is 5. The summed E-state index contributed by atoms with van der Waals surface area (Å²) in [6.45, 7) is 0.381. The minimum Gasteiger partial charge on any atom is -0.396 e. The van der Waals surface area contributed by atoms with E-state index in [-0.39, 0.29) is 17.4 Å². The summed E-state index contributed by atoms with van der Waals surface area (Å²) in [5.41, 5.74) is -2.67. The van der Waals surface area contributed by atoms with Crippen molar-refractivity contribution in [3.63, 3.8) is 0 Å². The first-order valence-corrected chi connectivity index (χ1v) is 9.66. The molecule has 0 spiro atoms. The van der Waals surface area contributed by atoms with Gasteiger partial charge in [0.25, 0.3) is 0 Å². The van der Waals surface area contributed by atoms with Gasteiger partial charge in [-0.15, -0.1) is 0 Å². The first-order valence-electron chi connectivity index (χ1n) is 9.66. The van der Waals surface area contributed by atoms with E-state index in [4.69, 9.17) is 9.47 Å². The van der Waals surface area contributed by atoms with Crippen LogP contribution in [0.25, 0.3) is 0 Å². The maximum absolute atomic E-state index is 13.2. The highest BCUT2D eigenvalue weighted by atomic mass is 19.4. The molecule has 4 nitrogen and oxygen atoms in total. The van der Waals surface area contributed by atoms with Gasteiger partial charge in [0, 0.05) is 5.92 Å². The Morgan fingerprint density at radius 2 is 1.59 bits per heavy atom. The number of aliphatic hydroxyl groups excluding tert-OH is 1. The van der Waals surface area contributed by atoms with Crippen molar-refractivity contribution >= 4 is 5.78 Å². The van der Waals surface area contributed by atoms with Crippen LogP contribution in [0, 0.1) is 5.92 Å². The van der Waals surface area contributed by atoms with E-state index in [1.807, 2.05) is 0 Å². The van der Waals surface area contributed by atoms with Crippen molar-refractivity contribution in [1.82, 2.24) is 0 Å². The van der Waals surface area contributed by atoms with Gasteiger partial charge in [-0.05, 0) is 36.2 Å². The molecular weight excluding hydrogens is 442 g/mol. The van der Waals surface area contributed by atoms with Gasteiger partial charge in [-0.1, -0.05) is 30.3 Å². The second kappa shape index (κ2) is 9.21. The largest absolute Gasteiger partial charge is 0.416 e. The molecule has 1 fully saturated rings. The molecule has 0 aliphatic carbocycles. The van der Waals surface area contributed by atoms with Gasteiger partial charge in [-0.25, -0.2) is 0 Å². The molecule has 2 aromatic carbocycles. The van der Waals surface area contributed by atoms with Crippen LogP contribution in [0.3, 0.4) is 0 Å². The fourth-order valence-corrected chi connectivity index (χ4v) is 3.66. The third-order valence-electron chi connectivity index (χ3n) is 5.33. The first kappa shape index (κ1) is 24.2. The average Bonchev–Trinajstić information content (AvgIpc) is 2.73. The molecule has 0 saturated carbocycles. The molecule has 1 heterocycles. The Morgan fingerprint density at radius 3 is 2.09 bits per heavy atom. The molecule has 1 saturated heterocycles. The Hall–Kier alpha value is -2.43. The standard InChI is InChI=1S/C22H20F6O4/c1-12(14-7-15(21(23,24)25)9-16(8-14)22(26,27)28)32-20-19(13-5-3-2-4-6-13)17(10-29)18(30)11-31-20/h2-9,12,17,19-20,29H,10-11H2,1H3/t12-,17-,19+,20-/m1/s1. The van der Waals surface area contributed by atoms with Crippen LogP contribution < -0.4 is 0 Å². The fourth-order valence-electron chi connectivity index (χ4n) is 3.66. The van der Waals surface area contributed by atoms with Crippen molar-refractivity contribution < 1.29 is 45.7 Å². The summed E-state index contributed by atoms with van der Waals surface area (Å²) in [6.07, 6.45) is -12.4. The molecule has 0 aromatic heterocycles. The molecule has 1 aliphatic heterocycles. The number of halogens is 6. The van der Waals surface area contributed by atoms with Crippen molar-refractivity contribution in [2.45, 2.75) is 37.6 Å². The summed E-state index contributed by atoms with van der Waals surface area (Å²) in [5, 5.41) is 9.73. The number of aliphatic hydroxyl groups is 1. The third-order valence-corrected chi connectivity index (χ3v) is 5.33. The third kappa shape index (κ3) is 5.31. The monoisotopic (exact) mass is 462 g/mol. The van der Waals surface area contributed by atoms with Crippen molar-refractivity contribution in [2.24, 2.45) is 5.92 Å². The van der Waals surface area contributed by atoms with Gasteiger partial charge in [0.1, 0.15) is 6.61 Å². The van der Waals surface area contributed by atoms with Gasteiger partial charge < -0.3 is 14.6 Å². The number of hydrogen-bond donors (Lipinski definition) is 1. The number of ether oxygens (including phenoxy) is 2. The average molecular weight is 462 g/mol. The van der Waals surface area contributed by atoms with Crippen molar-refractivity contribution in [1.29, 1.82) is 0 Å². The molecule has 0 radical (unpaired) electrons. The van der Waals surface area contributed by atoms with Crippen LogP contribution >= 0.6 is 0 Å². The lowest BCUT2D eigenvalue weighted by atomic mass is 9.81. The van der Waals surface area contributed by atoms with Crippen molar-refractivity contribution in [3.8, 4) is 0 Å². The number of benzene rings is 2. The number of hydrogen-bond acceptors (Lipinski definition) is 4. The summed E-state index contributed by atoms with van der Waals surface area (Å²) in [4.78, 5) is 12.2. The van der Waals surface area contributed by atoms with E-state index in [0.717, 1.165) is 0 Å². The Morgan fingerprint density at radius 1 is 1.03 bits per heavy atom. The van der Waals surface area contributed by atoms with Crippen LogP contribution in [0.4, 0.5) is 26.3 Å². The van der Waals surface area contributed by atoms with Crippen LogP contribution in [0.2, 0.25) is 0 Å². The number of alkyl halides is 6. The van der Waals surface area contributed by atoms with E-state index in [0.29, 0.717) is 17.7 Å². The summed E-state index contributed by atoms with van der Waals surface area (Å²) in [5.74, 6) is -2.07. The van der Waals surface area contributed by atoms with Crippen molar-refractivity contribution in [2.75, 3.05) is 13.2 Å². The zero-order valence-electron chi connectivity index (χ0n) is 16.8. The van der Waals surface area contributed by atoms with Crippen LogP contribution in [0.15, 0.2) is 48.5 Å². The maximum Gasteiger partial charge on any atom is 0.416 e. The second-order valence-electron chi connectivity index (χ2n) is 7.49. The highest BCUT2D eigenvalue weighted by Crippen LogP contribution is 2.40. The fraction of sp³-hybridized carbons (Fsp3) is 0.409. The molecule has 1 aliphatic rings. The number of ketones is 1. The Balaban J connectivity index is 1.95. The summed E-state index contributed by atoms with van der Waals surface area (Å²) < 4.78 is 90.3. The molecular formula is C22H20F6O4. The van der Waals surface area contributed by atoms with Gasteiger partial charge >= 0.3 is 12.4 Å². The minimum absolute atomic E-state index is 0.0422. The van der Waals surface area contributed by atoms with E-state index >= 15 is 0 Å². The second-order valence-corrected chi connectivity index (χ2v) is 7.49. The van der Waals surface area contributed by atoms with E-state index < -0.39 is 60.9 Å². The zero-order valence-corrected chi connectivity index (χ0v) is 16.8. The Bertz CT molecular complexity index is 909. The van der Waals surface area contributed by atoms with E-state index in [2.05, 4.69) is 0 Å². The number of carbonyl (C=O) groups is 1. The lowest BCUT2D eigenvalue weighted by Crippen LogP contribution is -2.44. The van der Waals surface area contributed by atoms with Gasteiger partial charge in [0.2, 0.25) is 0 Å². The van der Waals surface area contributed by atoms with Crippen LogP contribution in [-0.4, -0.2) is 30.4 Å². The van der Waals surface area contributed by atoms with Gasteiger partial charge in [-0.3, -0.25) is 4.79 Å². The molecule has 174 valence electrons. The summed E-state index contributed by atoms with van der Waals surface area (Å²) in [6, 6.07) is 9.66. The topological polar surface area (TPSA) is 55.8 Å². The highest BCUT2D eigenvalue weighted by molar-refractivity contribution is 5.84. The van der Waals surface area contributed by atoms with Gasteiger partial charge in [0.05, 0.1) is 29.8 Å². The zero-order chi connectivity index (χ0) is 23.7. The number of carbonyl (C=O) groups excluding carboxylic acids is 1. The predicted molar refractivity (Wildman–Crippen MR) is 100 cm³/mol. The van der Waals surface area contributed by atoms with E-state index in [1.54, 1.807) is 30.3 Å². The minimum atomic E-state index is -4.99. The van der Waals surface area contributed by atoms with Crippen molar-refractivity contribution in [3.05, 3.63) is 70.8 Å². The molecule has 3 rings (SSSR count). The maximum atomic E-state index is 13.2. The molecule has 0 bridgehead atoms. The molecule has 1 N–H and O–H groups in total. The normalized spacial score (nSPS) is 23.2. The lowest BCUT2D eigenvalue weighted by Gasteiger charge is -2.37. The SMILES string of the molecule is C[C@@H](O[C@H]1OCC(=O)[C@@H](CO)[C@@H]1c1ccccc1)c1cc(C(F)(F)F)cc(C(F)(F)F)c1. The van der Waals surface area contributed by atoms with E-state index in [1.165, 1.54) is 6.92 Å². The molecule has 32 heavy (non-hydrogen) atoms. The van der Waals surface area contributed by atoms with E-state index in [9.17, 15) is 36.2 Å². The van der Waals surface area contributed by atoms with Crippen LogP contribution in [0.5, 0.6) is 0 Å². The smallest absolute Gasteiger partial charge is 0.396 e. The first-order chi connectivity index (χ1) is 14.9. The predicted octanol–water partition coefficient (Wildman–Crippen LogP) is 5.12. The van der Waals surface area contributed by atoms with Gasteiger partial charge in [-0.2, -0.15) is 26.3 Å². The Labute approximate surface area is 179 Å². The van der Waals surface area contributed by atoms with Crippen LogP contribution in [-0.2, 0) is 26.6 Å². The molecule has 0 unspecified atom stereocenters. The molecule has 4 atom stereocenters. The Kier molecular flexibility index (Phi) is 6.97. The quantitative estimate of drug-likeness (QED) is 0.627. The summed E-state index contributed by atoms with van der Waals surface area (Å²) in [7, 11) is 0. The van der Waals surface area contributed by atoms with Crippen LogP contribution in [0.1, 0.15) is 41.2 Å². The molecule has 10 heteroatoms. The number of Topliss-reactive ketones (excluding diaryl/α,β-unsaturated/α-hetero) is 1. The highest BCUT2D eigenvalue weighted by Gasteiger charge is 2.42. The van der Waals surface area contributed by atoms with Gasteiger partial charge in [0.15, 0.2) is 12.1 Å². The summed E-state index contributed by atoms with van der Waals surface area (Å²) >= 11 is 0. The molecule has 2 aromatic rings. The molecule has 0 amide bonds.